The smallest absolute Gasteiger partial charge is 0.341 e. The number of rotatable bonds is 9. The molecule has 0 saturated heterocycles. The molecule has 37 heavy (non-hydrogen) atoms. The van der Waals surface area contributed by atoms with Gasteiger partial charge in [0.2, 0.25) is 0 Å². The summed E-state index contributed by atoms with van der Waals surface area (Å²) < 4.78 is 50.0. The van der Waals surface area contributed by atoms with Gasteiger partial charge in [-0.25, -0.2) is 18.0 Å². The van der Waals surface area contributed by atoms with Crippen LogP contribution in [0.4, 0.5) is 13.2 Å². The van der Waals surface area contributed by atoms with Gasteiger partial charge in [-0.05, 0) is 111 Å². The maximum Gasteiger partial charge on any atom is 0.341 e. The highest BCUT2D eigenvalue weighted by Gasteiger charge is 2.30. The number of unbranched alkanes of at least 4 members (excludes halogenated alkanes) is 1. The minimum absolute atomic E-state index is 0.00787. The predicted molar refractivity (Wildman–Crippen MR) is 141 cm³/mol. The Hall–Kier alpha value is -2.30. The third kappa shape index (κ3) is 6.78. The summed E-state index contributed by atoms with van der Waals surface area (Å²) in [5.41, 5.74) is 1.80. The zero-order valence-corrected chi connectivity index (χ0v) is 22.3. The summed E-state index contributed by atoms with van der Waals surface area (Å²) in [7, 11) is 0. The van der Waals surface area contributed by atoms with Crippen LogP contribution in [0.2, 0.25) is 0 Å². The average molecular weight is 515 g/mol. The monoisotopic (exact) mass is 514 g/mol. The van der Waals surface area contributed by atoms with Crippen molar-refractivity contribution in [1.82, 2.24) is 0 Å². The fraction of sp³-hybridized carbons (Fsp3) is 0.594. The lowest BCUT2D eigenvalue weighted by Gasteiger charge is -2.29. The molecule has 0 heterocycles. The minimum Gasteiger partial charge on any atom is -0.459 e. The van der Waals surface area contributed by atoms with Crippen LogP contribution in [-0.2, 0) is 11.2 Å². The molecular formula is C32H41F3O2. The van der Waals surface area contributed by atoms with Gasteiger partial charge in [0.1, 0.15) is 11.9 Å². The van der Waals surface area contributed by atoms with Crippen molar-refractivity contribution in [3.8, 4) is 0 Å². The fourth-order valence-corrected chi connectivity index (χ4v) is 6.32. The first-order valence-electron chi connectivity index (χ1n) is 14.4. The normalized spacial score (nSPS) is 24.1. The van der Waals surface area contributed by atoms with Gasteiger partial charge in [-0.3, -0.25) is 0 Å². The van der Waals surface area contributed by atoms with Crippen molar-refractivity contribution in [3.63, 3.8) is 0 Å². The quantitative estimate of drug-likeness (QED) is 0.312. The molecule has 0 bridgehead atoms. The van der Waals surface area contributed by atoms with E-state index in [1.807, 2.05) is 12.1 Å². The third-order valence-corrected chi connectivity index (χ3v) is 8.61. The van der Waals surface area contributed by atoms with E-state index in [0.29, 0.717) is 24.3 Å². The Morgan fingerprint density at radius 1 is 0.838 bits per heavy atom. The highest BCUT2D eigenvalue weighted by molar-refractivity contribution is 5.90. The Labute approximate surface area is 220 Å². The molecule has 2 fully saturated rings. The first-order chi connectivity index (χ1) is 17.9. The molecule has 4 rings (SSSR count). The van der Waals surface area contributed by atoms with Gasteiger partial charge in [0.25, 0.3) is 0 Å². The van der Waals surface area contributed by atoms with Gasteiger partial charge in [0.05, 0.1) is 5.56 Å². The van der Waals surface area contributed by atoms with Crippen molar-refractivity contribution in [2.75, 3.05) is 0 Å². The molecular weight excluding hydrogens is 473 g/mol. The Morgan fingerprint density at radius 2 is 1.54 bits per heavy atom. The molecule has 0 spiro atoms. The molecule has 0 amide bonds. The molecule has 202 valence electrons. The van der Waals surface area contributed by atoms with Gasteiger partial charge in [0, 0.05) is 0 Å². The standard InChI is InChI=1S/C32H41F3O2/c1-3-5-7-24-12-13-25(20-29(24)33)22-14-16-26(17-15-22)37-32(36)28-19-18-27(30(34)31(28)35)23-10-8-21(6-4-2)9-11-23/h12-13,18-23,26H,3-11,14-17H2,1-2H3. The van der Waals surface area contributed by atoms with E-state index in [9.17, 15) is 18.0 Å². The van der Waals surface area contributed by atoms with Crippen molar-refractivity contribution in [2.45, 2.75) is 115 Å². The molecule has 2 saturated carbocycles. The van der Waals surface area contributed by atoms with E-state index in [1.165, 1.54) is 12.5 Å². The molecule has 5 heteroatoms. The van der Waals surface area contributed by atoms with Crippen molar-refractivity contribution in [3.05, 3.63) is 70.0 Å². The number of halogens is 3. The second-order valence-corrected chi connectivity index (χ2v) is 11.2. The van der Waals surface area contributed by atoms with Crippen LogP contribution in [-0.4, -0.2) is 12.1 Å². The van der Waals surface area contributed by atoms with E-state index in [-0.39, 0.29) is 29.3 Å². The molecule has 2 aromatic carbocycles. The zero-order valence-electron chi connectivity index (χ0n) is 22.3. The summed E-state index contributed by atoms with van der Waals surface area (Å²) in [4.78, 5) is 12.7. The first-order valence-corrected chi connectivity index (χ1v) is 14.4. The van der Waals surface area contributed by atoms with Crippen LogP contribution < -0.4 is 0 Å². The molecule has 0 N–H and O–H groups in total. The molecule has 2 nitrogen and oxygen atoms in total. The van der Waals surface area contributed by atoms with Gasteiger partial charge in [-0.15, -0.1) is 0 Å². The Balaban J connectivity index is 1.32. The van der Waals surface area contributed by atoms with Gasteiger partial charge in [-0.1, -0.05) is 51.3 Å². The van der Waals surface area contributed by atoms with E-state index >= 15 is 0 Å². The summed E-state index contributed by atoms with van der Waals surface area (Å²) in [5, 5.41) is 0. The number of aryl methyl sites for hydroxylation is 1. The number of hydrogen-bond acceptors (Lipinski definition) is 2. The molecule has 0 atom stereocenters. The molecule has 2 aliphatic rings. The SMILES string of the molecule is CCCCc1ccc(C2CCC(OC(=O)c3ccc(C4CCC(CCC)CC4)c(F)c3F)CC2)cc1F. The number of benzene rings is 2. The zero-order chi connectivity index (χ0) is 26.4. The van der Waals surface area contributed by atoms with Crippen LogP contribution >= 0.6 is 0 Å². The number of hydrogen-bond donors (Lipinski definition) is 0. The maximum absolute atomic E-state index is 15.0. The Bertz CT molecular complexity index is 1050. The minimum atomic E-state index is -1.09. The number of carbonyl (C=O) groups is 1. The topological polar surface area (TPSA) is 26.3 Å². The Morgan fingerprint density at radius 3 is 2.19 bits per heavy atom. The second-order valence-electron chi connectivity index (χ2n) is 11.2. The maximum atomic E-state index is 15.0. The molecule has 0 unspecified atom stereocenters. The van der Waals surface area contributed by atoms with Crippen LogP contribution in [0.5, 0.6) is 0 Å². The van der Waals surface area contributed by atoms with Gasteiger partial charge in [-0.2, -0.15) is 0 Å². The summed E-state index contributed by atoms with van der Waals surface area (Å²) >= 11 is 0. The summed E-state index contributed by atoms with van der Waals surface area (Å²) in [6.07, 6.45) is 11.4. The fourth-order valence-electron chi connectivity index (χ4n) is 6.32. The molecule has 0 aliphatic heterocycles. The average Bonchev–Trinajstić information content (AvgIpc) is 2.90. The molecule has 0 aromatic heterocycles. The van der Waals surface area contributed by atoms with Crippen molar-refractivity contribution in [1.29, 1.82) is 0 Å². The predicted octanol–water partition coefficient (Wildman–Crippen LogP) is 9.40. The van der Waals surface area contributed by atoms with Crippen LogP contribution in [0, 0.1) is 23.4 Å². The molecule has 2 aliphatic carbocycles. The van der Waals surface area contributed by atoms with Gasteiger partial charge < -0.3 is 4.74 Å². The number of carbonyl (C=O) groups excluding carboxylic acids is 1. The lowest BCUT2D eigenvalue weighted by molar-refractivity contribution is 0.0189. The van der Waals surface area contributed by atoms with Crippen molar-refractivity contribution in [2.24, 2.45) is 5.92 Å². The van der Waals surface area contributed by atoms with E-state index in [2.05, 4.69) is 13.8 Å². The highest BCUT2D eigenvalue weighted by Crippen LogP contribution is 2.39. The van der Waals surface area contributed by atoms with Crippen LogP contribution in [0.15, 0.2) is 30.3 Å². The number of esters is 1. The van der Waals surface area contributed by atoms with E-state index in [0.717, 1.165) is 75.3 Å². The van der Waals surface area contributed by atoms with Gasteiger partial charge >= 0.3 is 5.97 Å². The second kappa shape index (κ2) is 13.0. The summed E-state index contributed by atoms with van der Waals surface area (Å²) in [5.74, 6) is -2.03. The van der Waals surface area contributed by atoms with Gasteiger partial charge in [0.15, 0.2) is 11.6 Å². The van der Waals surface area contributed by atoms with Crippen LogP contribution in [0.25, 0.3) is 0 Å². The summed E-state index contributed by atoms with van der Waals surface area (Å²) in [6.45, 7) is 4.27. The van der Waals surface area contributed by atoms with E-state index in [4.69, 9.17) is 4.74 Å². The van der Waals surface area contributed by atoms with E-state index in [1.54, 1.807) is 12.1 Å². The third-order valence-electron chi connectivity index (χ3n) is 8.61. The molecule has 2 aromatic rings. The van der Waals surface area contributed by atoms with Crippen molar-refractivity contribution < 1.29 is 22.7 Å². The highest BCUT2D eigenvalue weighted by atomic mass is 19.2. The lowest BCUT2D eigenvalue weighted by atomic mass is 9.77. The summed E-state index contributed by atoms with van der Waals surface area (Å²) in [6, 6.07) is 8.53. The van der Waals surface area contributed by atoms with Crippen molar-refractivity contribution >= 4 is 5.97 Å². The largest absolute Gasteiger partial charge is 0.459 e. The van der Waals surface area contributed by atoms with Crippen LogP contribution in [0.3, 0.4) is 0 Å². The molecule has 0 radical (unpaired) electrons. The lowest BCUT2D eigenvalue weighted by Crippen LogP contribution is -2.25. The Kier molecular flexibility index (Phi) is 9.72. The number of ether oxygens (including phenoxy) is 1. The van der Waals surface area contributed by atoms with Crippen LogP contribution in [0.1, 0.15) is 130 Å². The first kappa shape index (κ1) is 27.7. The van der Waals surface area contributed by atoms with E-state index < -0.39 is 17.6 Å².